The summed E-state index contributed by atoms with van der Waals surface area (Å²) in [5, 5.41) is 3.23. The zero-order chi connectivity index (χ0) is 19.3. The van der Waals surface area contributed by atoms with Crippen molar-refractivity contribution in [3.63, 3.8) is 0 Å². The quantitative estimate of drug-likeness (QED) is 0.619. The van der Waals surface area contributed by atoms with Gasteiger partial charge >= 0.3 is 0 Å². The number of nitrogens with two attached hydrogens (primary N) is 1. The summed E-state index contributed by atoms with van der Waals surface area (Å²) in [6, 6.07) is 15.1. The number of hydrogen-bond donors (Lipinski definition) is 2. The largest absolute Gasteiger partial charge is 0.376 e. The number of guanidine groups is 1. The summed E-state index contributed by atoms with van der Waals surface area (Å²) in [4.78, 5) is 6.98. The molecule has 0 spiro atoms. The van der Waals surface area contributed by atoms with Crippen molar-refractivity contribution < 1.29 is 4.74 Å². The number of hydrogen-bond acceptors (Lipinski definition) is 3. The van der Waals surface area contributed by atoms with Crippen molar-refractivity contribution in [3.05, 3.63) is 64.7 Å². The fourth-order valence-corrected chi connectivity index (χ4v) is 4.13. The van der Waals surface area contributed by atoms with Gasteiger partial charge in [-0.2, -0.15) is 0 Å². The van der Waals surface area contributed by atoms with E-state index in [9.17, 15) is 0 Å². The van der Waals surface area contributed by atoms with E-state index in [0.717, 1.165) is 38.3 Å². The summed E-state index contributed by atoms with van der Waals surface area (Å²) >= 11 is 0. The molecular formula is C23H30N4O. The monoisotopic (exact) mass is 378 g/mol. The summed E-state index contributed by atoms with van der Waals surface area (Å²) < 4.78 is 5.63. The second-order valence-electron chi connectivity index (χ2n) is 7.90. The standard InChI is InChI=1S/C23H30N4O/c1-17-15-27(10-11-28-17)16-19-5-2-4-18(12-19)14-25-23(24)26-22-9-8-20-6-3-7-21(20)13-22/h2,4-5,8-9,12-13,17H,3,6-7,10-11,14-16H2,1H3,(H3,24,25,26). The zero-order valence-corrected chi connectivity index (χ0v) is 16.7. The van der Waals surface area contributed by atoms with Crippen LogP contribution < -0.4 is 11.1 Å². The number of aliphatic imine (C=N–C) groups is 1. The first kappa shape index (κ1) is 19.0. The summed E-state index contributed by atoms with van der Waals surface area (Å²) in [5.74, 6) is 0.463. The molecule has 0 saturated carbocycles. The minimum atomic E-state index is 0.312. The van der Waals surface area contributed by atoms with E-state index in [-0.39, 0.29) is 0 Å². The molecule has 1 atom stereocenters. The highest BCUT2D eigenvalue weighted by Crippen LogP contribution is 2.24. The first-order valence-electron chi connectivity index (χ1n) is 10.3. The van der Waals surface area contributed by atoms with Gasteiger partial charge in [0.15, 0.2) is 5.96 Å². The summed E-state index contributed by atoms with van der Waals surface area (Å²) in [6.45, 7) is 6.46. The van der Waals surface area contributed by atoms with Gasteiger partial charge in [0, 0.05) is 25.3 Å². The number of anilines is 1. The van der Waals surface area contributed by atoms with Crippen LogP contribution >= 0.6 is 0 Å². The highest BCUT2D eigenvalue weighted by Gasteiger charge is 2.16. The predicted molar refractivity (Wildman–Crippen MR) is 115 cm³/mol. The molecule has 28 heavy (non-hydrogen) atoms. The van der Waals surface area contributed by atoms with Gasteiger partial charge in [0.05, 0.1) is 19.3 Å². The van der Waals surface area contributed by atoms with E-state index in [2.05, 4.69) is 64.6 Å². The summed E-state index contributed by atoms with van der Waals surface area (Å²) in [5.41, 5.74) is 12.5. The Labute approximate surface area is 167 Å². The third kappa shape index (κ3) is 4.91. The molecule has 1 heterocycles. The van der Waals surface area contributed by atoms with Crippen molar-refractivity contribution in [2.45, 2.75) is 45.4 Å². The highest BCUT2D eigenvalue weighted by atomic mass is 16.5. The fraction of sp³-hybridized carbons (Fsp3) is 0.435. The fourth-order valence-electron chi connectivity index (χ4n) is 4.13. The van der Waals surface area contributed by atoms with Crippen LogP contribution in [0.3, 0.4) is 0 Å². The molecule has 1 aliphatic heterocycles. The van der Waals surface area contributed by atoms with Crippen LogP contribution in [0.25, 0.3) is 0 Å². The van der Waals surface area contributed by atoms with Gasteiger partial charge in [-0.3, -0.25) is 4.90 Å². The van der Waals surface area contributed by atoms with Crippen LogP contribution in [0.1, 0.15) is 35.6 Å². The van der Waals surface area contributed by atoms with E-state index in [1.165, 1.54) is 35.1 Å². The third-order valence-corrected chi connectivity index (χ3v) is 5.53. The Morgan fingerprint density at radius 3 is 2.93 bits per heavy atom. The molecule has 0 radical (unpaired) electrons. The summed E-state index contributed by atoms with van der Waals surface area (Å²) in [6.07, 6.45) is 3.92. The van der Waals surface area contributed by atoms with Crippen LogP contribution in [0.4, 0.5) is 5.69 Å². The van der Waals surface area contributed by atoms with Crippen LogP contribution in [0.5, 0.6) is 0 Å². The maximum absolute atomic E-state index is 6.12. The molecule has 0 amide bonds. The van der Waals surface area contributed by atoms with E-state index in [0.29, 0.717) is 18.6 Å². The number of rotatable bonds is 5. The Balaban J connectivity index is 1.34. The molecule has 1 unspecified atom stereocenters. The summed E-state index contributed by atoms with van der Waals surface area (Å²) in [7, 11) is 0. The van der Waals surface area contributed by atoms with Crippen molar-refractivity contribution in [3.8, 4) is 0 Å². The molecule has 0 aromatic heterocycles. The number of aryl methyl sites for hydroxylation is 2. The van der Waals surface area contributed by atoms with E-state index in [1.54, 1.807) is 0 Å². The molecule has 3 N–H and O–H groups in total. The third-order valence-electron chi connectivity index (χ3n) is 5.53. The van der Waals surface area contributed by atoms with E-state index in [4.69, 9.17) is 10.5 Å². The molecule has 1 fully saturated rings. The molecule has 1 aliphatic carbocycles. The smallest absolute Gasteiger partial charge is 0.193 e. The predicted octanol–water partition coefficient (Wildman–Crippen LogP) is 3.32. The van der Waals surface area contributed by atoms with Crippen molar-refractivity contribution in [2.24, 2.45) is 10.7 Å². The highest BCUT2D eigenvalue weighted by molar-refractivity contribution is 5.92. The van der Waals surface area contributed by atoms with Gasteiger partial charge in [-0.05, 0) is 60.6 Å². The van der Waals surface area contributed by atoms with Crippen molar-refractivity contribution in [1.82, 2.24) is 4.90 Å². The first-order chi connectivity index (χ1) is 13.7. The van der Waals surface area contributed by atoms with Gasteiger partial charge in [0.1, 0.15) is 0 Å². The van der Waals surface area contributed by atoms with Gasteiger partial charge in [0.2, 0.25) is 0 Å². The molecule has 2 aromatic carbocycles. The lowest BCUT2D eigenvalue weighted by Crippen LogP contribution is -2.40. The Morgan fingerprint density at radius 1 is 1.18 bits per heavy atom. The lowest BCUT2D eigenvalue weighted by molar-refractivity contribution is -0.0212. The minimum absolute atomic E-state index is 0.312. The zero-order valence-electron chi connectivity index (χ0n) is 16.7. The molecule has 5 heteroatoms. The molecule has 5 nitrogen and oxygen atoms in total. The lowest BCUT2D eigenvalue weighted by Gasteiger charge is -2.31. The Morgan fingerprint density at radius 2 is 2.04 bits per heavy atom. The molecule has 2 aromatic rings. The second-order valence-corrected chi connectivity index (χ2v) is 7.90. The average molecular weight is 379 g/mol. The molecule has 2 aliphatic rings. The Hall–Kier alpha value is -2.37. The lowest BCUT2D eigenvalue weighted by atomic mass is 10.1. The number of benzene rings is 2. The maximum atomic E-state index is 6.12. The Bertz CT molecular complexity index is 848. The average Bonchev–Trinajstić information content (AvgIpc) is 3.15. The van der Waals surface area contributed by atoms with Gasteiger partial charge in [-0.1, -0.05) is 30.3 Å². The number of morpholine rings is 1. The van der Waals surface area contributed by atoms with Crippen LogP contribution in [-0.2, 0) is 30.7 Å². The van der Waals surface area contributed by atoms with E-state index < -0.39 is 0 Å². The maximum Gasteiger partial charge on any atom is 0.193 e. The van der Waals surface area contributed by atoms with Crippen LogP contribution in [0.15, 0.2) is 47.5 Å². The van der Waals surface area contributed by atoms with Gasteiger partial charge in [-0.15, -0.1) is 0 Å². The van der Waals surface area contributed by atoms with E-state index >= 15 is 0 Å². The van der Waals surface area contributed by atoms with Crippen LogP contribution in [0.2, 0.25) is 0 Å². The van der Waals surface area contributed by atoms with Crippen molar-refractivity contribution in [1.29, 1.82) is 0 Å². The number of fused-ring (bicyclic) bond motifs is 1. The molecule has 148 valence electrons. The van der Waals surface area contributed by atoms with E-state index in [1.807, 2.05) is 0 Å². The van der Waals surface area contributed by atoms with Crippen LogP contribution in [-0.4, -0.2) is 36.7 Å². The number of ether oxygens (including phenoxy) is 1. The SMILES string of the molecule is CC1CN(Cc2cccc(CN=C(N)Nc3ccc4c(c3)CCC4)c2)CCO1. The second kappa shape index (κ2) is 8.76. The molecule has 0 bridgehead atoms. The molecule has 1 saturated heterocycles. The van der Waals surface area contributed by atoms with Gasteiger partial charge in [-0.25, -0.2) is 4.99 Å². The minimum Gasteiger partial charge on any atom is -0.376 e. The molecular weight excluding hydrogens is 348 g/mol. The van der Waals surface area contributed by atoms with Crippen LogP contribution in [0, 0.1) is 0 Å². The number of nitrogens with zero attached hydrogens (tertiary/aromatic N) is 2. The van der Waals surface area contributed by atoms with Crippen molar-refractivity contribution in [2.75, 3.05) is 25.0 Å². The molecule has 4 rings (SSSR count). The first-order valence-corrected chi connectivity index (χ1v) is 10.3. The van der Waals surface area contributed by atoms with Gasteiger partial charge in [0.25, 0.3) is 0 Å². The Kier molecular flexibility index (Phi) is 5.93. The normalized spacial score (nSPS) is 20.2. The van der Waals surface area contributed by atoms with Crippen molar-refractivity contribution >= 4 is 11.6 Å². The number of nitrogens with one attached hydrogen (secondary N) is 1. The topological polar surface area (TPSA) is 62.9 Å². The van der Waals surface area contributed by atoms with Gasteiger partial charge < -0.3 is 15.8 Å².